The van der Waals surface area contributed by atoms with Crippen LogP contribution in [0.1, 0.15) is 24.5 Å². The van der Waals surface area contributed by atoms with Crippen LogP contribution in [0.3, 0.4) is 0 Å². The van der Waals surface area contributed by atoms with Crippen LogP contribution in [0.4, 0.5) is 5.69 Å². The van der Waals surface area contributed by atoms with Crippen molar-refractivity contribution < 1.29 is 4.79 Å². The lowest BCUT2D eigenvalue weighted by Gasteiger charge is -2.21. The number of ketones is 1. The number of Topliss-reactive ketones (excluding diaryl/α,β-unsaturated/α-hetero) is 1. The Balaban J connectivity index is 2.31. The van der Waals surface area contributed by atoms with Gasteiger partial charge in [0.15, 0.2) is 0 Å². The summed E-state index contributed by atoms with van der Waals surface area (Å²) in [5, 5.41) is 3.12. The Morgan fingerprint density at radius 3 is 3.06 bits per heavy atom. The third kappa shape index (κ3) is 2.14. The molecule has 0 saturated heterocycles. The van der Waals surface area contributed by atoms with Crippen molar-refractivity contribution in [2.45, 2.75) is 13.3 Å². The monoisotopic (exact) mass is 215 g/mol. The first-order chi connectivity index (χ1) is 7.68. The number of benzene rings is 1. The molecule has 0 aliphatic heterocycles. The molecule has 0 spiro atoms. The molecular formula is C13H15N2O. The second-order valence-electron chi connectivity index (χ2n) is 3.96. The molecule has 0 aromatic heterocycles. The van der Waals surface area contributed by atoms with Crippen LogP contribution in [0.25, 0.3) is 6.08 Å². The van der Waals surface area contributed by atoms with E-state index in [-0.39, 0.29) is 5.78 Å². The number of rotatable bonds is 3. The second-order valence-corrected chi connectivity index (χ2v) is 3.96. The van der Waals surface area contributed by atoms with E-state index < -0.39 is 0 Å². The summed E-state index contributed by atoms with van der Waals surface area (Å²) in [4.78, 5) is 11.0. The number of carbonyl (C=O) groups is 1. The van der Waals surface area contributed by atoms with Gasteiger partial charge in [0.2, 0.25) is 0 Å². The van der Waals surface area contributed by atoms with Gasteiger partial charge < -0.3 is 11.1 Å². The molecule has 1 aliphatic carbocycles. The Morgan fingerprint density at radius 1 is 1.50 bits per heavy atom. The minimum absolute atomic E-state index is 0.113. The molecule has 1 aliphatic rings. The maximum absolute atomic E-state index is 11.0. The summed E-state index contributed by atoms with van der Waals surface area (Å²) in [6.45, 7) is 1.91. The highest BCUT2D eigenvalue weighted by molar-refractivity contribution is 5.81. The van der Waals surface area contributed by atoms with Gasteiger partial charge in [-0.1, -0.05) is 24.3 Å². The van der Waals surface area contributed by atoms with E-state index in [0.29, 0.717) is 6.54 Å². The zero-order valence-electron chi connectivity index (χ0n) is 9.29. The third-order valence-corrected chi connectivity index (χ3v) is 2.58. The first-order valence-corrected chi connectivity index (χ1v) is 5.33. The van der Waals surface area contributed by atoms with Gasteiger partial charge in [0, 0.05) is 11.3 Å². The molecule has 3 nitrogen and oxygen atoms in total. The topological polar surface area (TPSA) is 55.1 Å². The van der Waals surface area contributed by atoms with Gasteiger partial charge in [-0.2, -0.15) is 0 Å². The number of nitrogens with one attached hydrogen (secondary N) is 1. The summed E-state index contributed by atoms with van der Waals surface area (Å²) in [5.74, 6) is 0.113. The van der Waals surface area contributed by atoms with Gasteiger partial charge in [0.05, 0.1) is 12.6 Å². The van der Waals surface area contributed by atoms with Gasteiger partial charge in [-0.3, -0.25) is 4.79 Å². The zero-order chi connectivity index (χ0) is 11.5. The summed E-state index contributed by atoms with van der Waals surface area (Å²) in [5.41, 5.74) is 9.08. The number of fused-ring (bicyclic) bond motifs is 1. The van der Waals surface area contributed by atoms with Crippen LogP contribution in [0.15, 0.2) is 24.3 Å². The van der Waals surface area contributed by atoms with E-state index in [1.54, 1.807) is 6.92 Å². The van der Waals surface area contributed by atoms with Crippen molar-refractivity contribution in [3.05, 3.63) is 41.4 Å². The maximum atomic E-state index is 11.0. The fourth-order valence-electron chi connectivity index (χ4n) is 1.85. The highest BCUT2D eigenvalue weighted by atomic mass is 16.1. The molecule has 0 saturated carbocycles. The average molecular weight is 215 g/mol. The first kappa shape index (κ1) is 10.9. The van der Waals surface area contributed by atoms with E-state index in [4.69, 9.17) is 5.73 Å². The van der Waals surface area contributed by atoms with E-state index >= 15 is 0 Å². The SMILES string of the molecule is CC(=O)CNc1cccc2c1[C](N)CC=C2. The van der Waals surface area contributed by atoms with Gasteiger partial charge in [0.25, 0.3) is 0 Å². The summed E-state index contributed by atoms with van der Waals surface area (Å²) >= 11 is 0. The van der Waals surface area contributed by atoms with E-state index in [9.17, 15) is 4.79 Å². The molecule has 0 amide bonds. The largest absolute Gasteiger partial charge is 0.378 e. The summed E-state index contributed by atoms with van der Waals surface area (Å²) in [6.07, 6.45) is 4.88. The van der Waals surface area contributed by atoms with Crippen LogP contribution in [0.5, 0.6) is 0 Å². The molecule has 0 fully saturated rings. The van der Waals surface area contributed by atoms with Gasteiger partial charge in [-0.15, -0.1) is 0 Å². The van der Waals surface area contributed by atoms with Gasteiger partial charge in [0.1, 0.15) is 5.78 Å². The summed E-state index contributed by atoms with van der Waals surface area (Å²) in [7, 11) is 0. The molecule has 16 heavy (non-hydrogen) atoms. The average Bonchev–Trinajstić information content (AvgIpc) is 2.26. The molecule has 1 aromatic rings. The molecule has 1 radical (unpaired) electrons. The van der Waals surface area contributed by atoms with E-state index in [1.165, 1.54) is 0 Å². The number of hydrogen-bond donors (Lipinski definition) is 2. The number of hydrogen-bond acceptors (Lipinski definition) is 3. The Hall–Kier alpha value is -1.61. The van der Waals surface area contributed by atoms with Crippen LogP contribution in [0.2, 0.25) is 0 Å². The summed E-state index contributed by atoms with van der Waals surface area (Å²) < 4.78 is 0. The molecule has 1 aromatic carbocycles. The molecule has 0 atom stereocenters. The number of carbonyl (C=O) groups excluding carboxylic acids is 1. The Kier molecular flexibility index (Phi) is 3.06. The van der Waals surface area contributed by atoms with Crippen LogP contribution in [0, 0.1) is 6.04 Å². The summed E-state index contributed by atoms with van der Waals surface area (Å²) in [6, 6.07) is 6.79. The fourth-order valence-corrected chi connectivity index (χ4v) is 1.85. The van der Waals surface area contributed by atoms with Crippen LogP contribution < -0.4 is 11.1 Å². The standard InChI is InChI=1S/C13H15N2O/c1-9(16)8-15-12-7-3-5-10-4-2-6-11(14)13(10)12/h2-5,7,15H,6,8,14H2,1H3. The predicted molar refractivity (Wildman–Crippen MR) is 65.8 cm³/mol. The molecule has 0 heterocycles. The fraction of sp³-hybridized carbons (Fsp3) is 0.231. The van der Waals surface area contributed by atoms with Crippen LogP contribution in [-0.2, 0) is 4.79 Å². The van der Waals surface area contributed by atoms with E-state index in [1.807, 2.05) is 24.3 Å². The lowest BCUT2D eigenvalue weighted by atomic mass is 9.92. The Morgan fingerprint density at radius 2 is 2.31 bits per heavy atom. The van der Waals surface area contributed by atoms with Crippen molar-refractivity contribution in [3.8, 4) is 0 Å². The lowest BCUT2D eigenvalue weighted by Crippen LogP contribution is -2.19. The molecule has 0 unspecified atom stereocenters. The lowest BCUT2D eigenvalue weighted by molar-refractivity contribution is -0.115. The molecule has 0 bridgehead atoms. The minimum Gasteiger partial charge on any atom is -0.378 e. The Labute approximate surface area is 95.3 Å². The minimum atomic E-state index is 0.113. The molecule has 3 heteroatoms. The molecule has 3 N–H and O–H groups in total. The highest BCUT2D eigenvalue weighted by Crippen LogP contribution is 2.31. The number of anilines is 1. The Bertz CT molecular complexity index is 438. The van der Waals surface area contributed by atoms with Crippen molar-refractivity contribution in [1.29, 1.82) is 0 Å². The second kappa shape index (κ2) is 4.49. The quantitative estimate of drug-likeness (QED) is 0.810. The van der Waals surface area contributed by atoms with Gasteiger partial charge in [-0.05, 0) is 25.0 Å². The smallest absolute Gasteiger partial charge is 0.148 e. The predicted octanol–water partition coefficient (Wildman–Crippen LogP) is 1.94. The normalized spacial score (nSPS) is 14.6. The van der Waals surface area contributed by atoms with Crippen molar-refractivity contribution >= 4 is 17.5 Å². The van der Waals surface area contributed by atoms with E-state index in [2.05, 4.69) is 11.4 Å². The highest BCUT2D eigenvalue weighted by Gasteiger charge is 2.17. The molecule has 2 rings (SSSR count). The van der Waals surface area contributed by atoms with Crippen molar-refractivity contribution in [2.75, 3.05) is 11.9 Å². The van der Waals surface area contributed by atoms with E-state index in [0.717, 1.165) is 29.3 Å². The van der Waals surface area contributed by atoms with Gasteiger partial charge in [-0.25, -0.2) is 0 Å². The van der Waals surface area contributed by atoms with Gasteiger partial charge >= 0.3 is 0 Å². The van der Waals surface area contributed by atoms with Crippen molar-refractivity contribution in [3.63, 3.8) is 0 Å². The van der Waals surface area contributed by atoms with Crippen molar-refractivity contribution in [2.24, 2.45) is 5.73 Å². The molecule has 83 valence electrons. The third-order valence-electron chi connectivity index (χ3n) is 2.58. The first-order valence-electron chi connectivity index (χ1n) is 5.33. The molecular weight excluding hydrogens is 200 g/mol. The zero-order valence-corrected chi connectivity index (χ0v) is 9.29. The van der Waals surface area contributed by atoms with Crippen LogP contribution >= 0.6 is 0 Å². The van der Waals surface area contributed by atoms with Crippen molar-refractivity contribution in [1.82, 2.24) is 0 Å². The maximum Gasteiger partial charge on any atom is 0.148 e. The van der Waals surface area contributed by atoms with Crippen LogP contribution in [-0.4, -0.2) is 12.3 Å². The number of nitrogens with two attached hydrogens (primary N) is 1.